The summed E-state index contributed by atoms with van der Waals surface area (Å²) < 4.78 is 7.75. The van der Waals surface area contributed by atoms with Gasteiger partial charge in [0.15, 0.2) is 5.75 Å². The molecule has 0 bridgehead atoms. The highest BCUT2D eigenvalue weighted by molar-refractivity contribution is 5.36. The third-order valence-electron chi connectivity index (χ3n) is 2.67. The van der Waals surface area contributed by atoms with Crippen molar-refractivity contribution in [3.05, 3.63) is 42.2 Å². The molecule has 0 fully saturated rings. The van der Waals surface area contributed by atoms with Gasteiger partial charge in [0.2, 0.25) is 0 Å². The van der Waals surface area contributed by atoms with E-state index in [0.717, 1.165) is 23.6 Å². The molecule has 0 radical (unpaired) electrons. The van der Waals surface area contributed by atoms with Crippen molar-refractivity contribution in [3.63, 3.8) is 0 Å². The fourth-order valence-electron chi connectivity index (χ4n) is 1.72. The molecule has 0 aliphatic heterocycles. The Morgan fingerprint density at radius 3 is 2.78 bits per heavy atom. The molecule has 2 aromatic rings. The van der Waals surface area contributed by atoms with Crippen LogP contribution in [0.15, 0.2) is 36.7 Å². The topological polar surface area (TPSA) is 39.1 Å². The van der Waals surface area contributed by atoms with Crippen molar-refractivity contribution in [2.45, 2.75) is 26.4 Å². The lowest BCUT2D eigenvalue weighted by Crippen LogP contribution is -2.06. The number of nitrogens with one attached hydrogen (secondary N) is 1. The zero-order valence-electron chi connectivity index (χ0n) is 11.1. The molecule has 2 rings (SSSR count). The monoisotopic (exact) mass is 245 g/mol. The van der Waals surface area contributed by atoms with E-state index in [2.05, 4.69) is 30.3 Å². The maximum atomic E-state index is 5.87. The minimum absolute atomic E-state index is 0.343. The summed E-state index contributed by atoms with van der Waals surface area (Å²) in [5.74, 6) is 1.64. The average molecular weight is 245 g/mol. The van der Waals surface area contributed by atoms with Gasteiger partial charge in [-0.05, 0) is 27.0 Å². The van der Waals surface area contributed by atoms with Crippen LogP contribution >= 0.6 is 0 Å². The summed E-state index contributed by atoms with van der Waals surface area (Å²) in [7, 11) is 1.92. The standard InChI is InChI=1S/C14H19N3O/c1-11(2)17-10-13(9-16-17)18-14-7-5-4-6-12(14)8-15-3/h4-7,9-11,15H,8H2,1-3H3. The smallest absolute Gasteiger partial charge is 0.165 e. The molecule has 1 aromatic heterocycles. The van der Waals surface area contributed by atoms with Gasteiger partial charge in [0.05, 0.1) is 12.4 Å². The van der Waals surface area contributed by atoms with Crippen LogP contribution in [0.5, 0.6) is 11.5 Å². The van der Waals surface area contributed by atoms with Gasteiger partial charge in [-0.25, -0.2) is 0 Å². The van der Waals surface area contributed by atoms with Gasteiger partial charge in [0.1, 0.15) is 5.75 Å². The van der Waals surface area contributed by atoms with E-state index < -0.39 is 0 Å². The molecule has 4 nitrogen and oxygen atoms in total. The van der Waals surface area contributed by atoms with Gasteiger partial charge >= 0.3 is 0 Å². The Hall–Kier alpha value is -1.81. The Bertz CT molecular complexity index is 505. The van der Waals surface area contributed by atoms with Gasteiger partial charge in [-0.15, -0.1) is 0 Å². The minimum Gasteiger partial charge on any atom is -0.454 e. The van der Waals surface area contributed by atoms with Crippen molar-refractivity contribution in [1.29, 1.82) is 0 Å². The molecule has 0 saturated carbocycles. The van der Waals surface area contributed by atoms with Crippen LogP contribution in [-0.4, -0.2) is 16.8 Å². The van der Waals surface area contributed by atoms with Crippen LogP contribution in [0.2, 0.25) is 0 Å². The molecule has 1 aromatic carbocycles. The van der Waals surface area contributed by atoms with E-state index in [1.54, 1.807) is 6.20 Å². The highest BCUT2D eigenvalue weighted by Crippen LogP contribution is 2.25. The number of rotatable bonds is 5. The Morgan fingerprint density at radius 1 is 1.33 bits per heavy atom. The maximum Gasteiger partial charge on any atom is 0.165 e. The molecule has 18 heavy (non-hydrogen) atoms. The van der Waals surface area contributed by atoms with E-state index in [4.69, 9.17) is 4.74 Å². The summed E-state index contributed by atoms with van der Waals surface area (Å²) in [6.07, 6.45) is 3.66. The second kappa shape index (κ2) is 5.69. The fourth-order valence-corrected chi connectivity index (χ4v) is 1.72. The molecule has 1 N–H and O–H groups in total. The summed E-state index contributed by atoms with van der Waals surface area (Å²) in [5.41, 5.74) is 1.14. The van der Waals surface area contributed by atoms with Gasteiger partial charge in [-0.3, -0.25) is 4.68 Å². The molecule has 96 valence electrons. The predicted molar refractivity (Wildman–Crippen MR) is 71.9 cm³/mol. The molecule has 0 spiro atoms. The molecule has 1 heterocycles. The Morgan fingerprint density at radius 2 is 2.11 bits per heavy atom. The predicted octanol–water partition coefficient (Wildman–Crippen LogP) is 2.98. The van der Waals surface area contributed by atoms with Crippen LogP contribution in [0.4, 0.5) is 0 Å². The lowest BCUT2D eigenvalue weighted by molar-refractivity contribution is 0.469. The number of hydrogen-bond donors (Lipinski definition) is 1. The molecule has 0 aliphatic carbocycles. The first-order valence-electron chi connectivity index (χ1n) is 6.15. The van der Waals surface area contributed by atoms with Crippen molar-refractivity contribution in [1.82, 2.24) is 15.1 Å². The largest absolute Gasteiger partial charge is 0.454 e. The first-order chi connectivity index (χ1) is 8.70. The molecule has 4 heteroatoms. The summed E-state index contributed by atoms with van der Waals surface area (Å²) in [6.45, 7) is 4.96. The molecule has 0 saturated heterocycles. The number of ether oxygens (including phenoxy) is 1. The highest BCUT2D eigenvalue weighted by atomic mass is 16.5. The fraction of sp³-hybridized carbons (Fsp3) is 0.357. The zero-order valence-corrected chi connectivity index (χ0v) is 11.1. The first kappa shape index (κ1) is 12.6. The lowest BCUT2D eigenvalue weighted by atomic mass is 10.2. The number of benzene rings is 1. The van der Waals surface area contributed by atoms with E-state index in [0.29, 0.717) is 6.04 Å². The van der Waals surface area contributed by atoms with Crippen LogP contribution in [0.25, 0.3) is 0 Å². The third kappa shape index (κ3) is 2.90. The maximum absolute atomic E-state index is 5.87. The lowest BCUT2D eigenvalue weighted by Gasteiger charge is -2.09. The van der Waals surface area contributed by atoms with Crippen molar-refractivity contribution >= 4 is 0 Å². The summed E-state index contributed by atoms with van der Waals surface area (Å²) in [4.78, 5) is 0. The van der Waals surface area contributed by atoms with Gasteiger partial charge < -0.3 is 10.1 Å². The molecule has 0 amide bonds. The average Bonchev–Trinajstić information content (AvgIpc) is 2.81. The van der Waals surface area contributed by atoms with Crippen LogP contribution in [0.1, 0.15) is 25.5 Å². The van der Waals surface area contributed by atoms with Gasteiger partial charge in [0, 0.05) is 18.2 Å². The SMILES string of the molecule is CNCc1ccccc1Oc1cnn(C(C)C)c1. The van der Waals surface area contributed by atoms with E-state index in [-0.39, 0.29) is 0 Å². The van der Waals surface area contributed by atoms with Crippen LogP contribution in [0, 0.1) is 0 Å². The second-order valence-electron chi connectivity index (χ2n) is 4.49. The molecule has 0 unspecified atom stereocenters. The van der Waals surface area contributed by atoms with Crippen LogP contribution in [0.3, 0.4) is 0 Å². The molecule has 0 aliphatic rings. The van der Waals surface area contributed by atoms with Crippen molar-refractivity contribution in [2.24, 2.45) is 0 Å². The highest BCUT2D eigenvalue weighted by Gasteiger charge is 2.06. The summed E-state index contributed by atoms with van der Waals surface area (Å²) in [5, 5.41) is 7.40. The number of nitrogens with zero attached hydrogens (tertiary/aromatic N) is 2. The van der Waals surface area contributed by atoms with E-state index in [1.807, 2.05) is 36.1 Å². The second-order valence-corrected chi connectivity index (χ2v) is 4.49. The van der Waals surface area contributed by atoms with E-state index in [1.165, 1.54) is 0 Å². The van der Waals surface area contributed by atoms with Gasteiger partial charge in [0.25, 0.3) is 0 Å². The van der Waals surface area contributed by atoms with Gasteiger partial charge in [-0.1, -0.05) is 18.2 Å². The first-order valence-corrected chi connectivity index (χ1v) is 6.15. The van der Waals surface area contributed by atoms with E-state index in [9.17, 15) is 0 Å². The molecular weight excluding hydrogens is 226 g/mol. The Balaban J connectivity index is 2.17. The van der Waals surface area contributed by atoms with Crippen molar-refractivity contribution < 1.29 is 4.74 Å². The quantitative estimate of drug-likeness (QED) is 0.880. The third-order valence-corrected chi connectivity index (χ3v) is 2.67. The van der Waals surface area contributed by atoms with Crippen LogP contribution < -0.4 is 10.1 Å². The zero-order chi connectivity index (χ0) is 13.0. The number of hydrogen-bond acceptors (Lipinski definition) is 3. The minimum atomic E-state index is 0.343. The Labute approximate surface area is 108 Å². The van der Waals surface area contributed by atoms with E-state index >= 15 is 0 Å². The normalized spacial score (nSPS) is 10.9. The summed E-state index contributed by atoms with van der Waals surface area (Å²) >= 11 is 0. The molecule has 0 atom stereocenters. The van der Waals surface area contributed by atoms with Crippen molar-refractivity contribution in [2.75, 3.05) is 7.05 Å². The molecular formula is C14H19N3O. The Kier molecular flexibility index (Phi) is 3.99. The number of para-hydroxylation sites is 1. The van der Waals surface area contributed by atoms with Crippen molar-refractivity contribution in [3.8, 4) is 11.5 Å². The van der Waals surface area contributed by atoms with Crippen LogP contribution in [-0.2, 0) is 6.54 Å². The van der Waals surface area contributed by atoms with Gasteiger partial charge in [-0.2, -0.15) is 5.10 Å². The summed E-state index contributed by atoms with van der Waals surface area (Å²) in [6, 6.07) is 8.35. The number of aromatic nitrogens is 2.